The second-order valence-electron chi connectivity index (χ2n) is 5.71. The smallest absolute Gasteiger partial charge is 0.161 e. The fourth-order valence-corrected chi connectivity index (χ4v) is 3.02. The van der Waals surface area contributed by atoms with Gasteiger partial charge in [-0.25, -0.2) is 0 Å². The molecule has 1 saturated carbocycles. The van der Waals surface area contributed by atoms with Gasteiger partial charge in [0, 0.05) is 6.04 Å². The predicted octanol–water partition coefficient (Wildman–Crippen LogP) is 3.44. The zero-order valence-electron chi connectivity index (χ0n) is 13.1. The monoisotopic (exact) mass is 288 g/mol. The Labute approximate surface area is 127 Å². The quantitative estimate of drug-likeness (QED) is 0.901. The molecule has 1 aliphatic rings. The number of rotatable bonds is 5. The highest BCUT2D eigenvalue weighted by atomic mass is 16.5. The largest absolute Gasteiger partial charge is 0.493 e. The molecule has 0 bridgehead atoms. The Morgan fingerprint density at radius 3 is 2.52 bits per heavy atom. The highest BCUT2D eigenvalue weighted by Gasteiger charge is 2.24. The van der Waals surface area contributed by atoms with Gasteiger partial charge in [-0.15, -0.1) is 0 Å². The normalized spacial score (nSPS) is 23.1. The Hall–Kier alpha value is -1.73. The van der Waals surface area contributed by atoms with E-state index in [2.05, 4.69) is 18.3 Å². The first-order valence-electron chi connectivity index (χ1n) is 7.57. The molecule has 0 aliphatic heterocycles. The predicted molar refractivity (Wildman–Crippen MR) is 82.5 cm³/mol. The van der Waals surface area contributed by atoms with E-state index in [-0.39, 0.29) is 6.04 Å². The van der Waals surface area contributed by atoms with Crippen molar-refractivity contribution in [1.29, 1.82) is 5.26 Å². The molecular formula is C17H24N2O2. The van der Waals surface area contributed by atoms with Gasteiger partial charge in [0.25, 0.3) is 0 Å². The number of ether oxygens (including phenoxy) is 2. The van der Waals surface area contributed by atoms with Crippen LogP contribution in [0, 0.1) is 17.2 Å². The molecule has 0 radical (unpaired) electrons. The number of hydrogen-bond acceptors (Lipinski definition) is 4. The van der Waals surface area contributed by atoms with Gasteiger partial charge in [0.15, 0.2) is 11.5 Å². The van der Waals surface area contributed by atoms with Gasteiger partial charge in [0.05, 0.1) is 20.3 Å². The van der Waals surface area contributed by atoms with Gasteiger partial charge >= 0.3 is 0 Å². The molecule has 0 saturated heterocycles. The molecule has 3 atom stereocenters. The minimum absolute atomic E-state index is 0.310. The fourth-order valence-electron chi connectivity index (χ4n) is 3.02. The minimum atomic E-state index is -0.310. The van der Waals surface area contributed by atoms with Gasteiger partial charge < -0.3 is 9.47 Å². The first-order valence-corrected chi connectivity index (χ1v) is 7.57. The third-order valence-electron chi connectivity index (χ3n) is 4.36. The fraction of sp³-hybridized carbons (Fsp3) is 0.588. The second kappa shape index (κ2) is 7.33. The standard InChI is InChI=1S/C17H24N2O2/c1-12-6-4-5-7-14(12)19-15(11-18)13-8-9-16(20-2)17(10-13)21-3/h8-10,12,14-15,19H,4-7H2,1-3H3. The van der Waals surface area contributed by atoms with E-state index in [9.17, 15) is 5.26 Å². The lowest BCUT2D eigenvalue weighted by Crippen LogP contribution is -2.39. The van der Waals surface area contributed by atoms with Crippen LogP contribution in [-0.2, 0) is 0 Å². The molecule has 0 aromatic heterocycles. The Morgan fingerprint density at radius 1 is 1.19 bits per heavy atom. The van der Waals surface area contributed by atoms with Gasteiger partial charge in [-0.1, -0.05) is 25.8 Å². The topological polar surface area (TPSA) is 54.3 Å². The van der Waals surface area contributed by atoms with Crippen LogP contribution in [0.1, 0.15) is 44.2 Å². The van der Waals surface area contributed by atoms with E-state index in [1.54, 1.807) is 14.2 Å². The van der Waals surface area contributed by atoms with E-state index in [4.69, 9.17) is 9.47 Å². The molecular weight excluding hydrogens is 264 g/mol. The number of nitriles is 1. The maximum Gasteiger partial charge on any atom is 0.161 e. The molecule has 0 heterocycles. The first-order chi connectivity index (χ1) is 10.2. The van der Waals surface area contributed by atoms with Crippen molar-refractivity contribution in [2.45, 2.75) is 44.7 Å². The van der Waals surface area contributed by atoms with E-state index >= 15 is 0 Å². The van der Waals surface area contributed by atoms with Gasteiger partial charge in [0.1, 0.15) is 6.04 Å². The number of methoxy groups -OCH3 is 2. The summed E-state index contributed by atoms with van der Waals surface area (Å²) >= 11 is 0. The van der Waals surface area contributed by atoms with Crippen LogP contribution in [0.3, 0.4) is 0 Å². The van der Waals surface area contributed by atoms with Crippen LogP contribution in [0.25, 0.3) is 0 Å². The third-order valence-corrected chi connectivity index (χ3v) is 4.36. The van der Waals surface area contributed by atoms with Crippen LogP contribution in [0.15, 0.2) is 18.2 Å². The first kappa shape index (κ1) is 15.7. The molecule has 1 N–H and O–H groups in total. The summed E-state index contributed by atoms with van der Waals surface area (Å²) in [6.07, 6.45) is 4.92. The Bertz CT molecular complexity index is 510. The van der Waals surface area contributed by atoms with Crippen molar-refractivity contribution in [3.63, 3.8) is 0 Å². The third kappa shape index (κ3) is 3.68. The summed E-state index contributed by atoms with van der Waals surface area (Å²) in [5.74, 6) is 1.97. The van der Waals surface area contributed by atoms with Crippen molar-refractivity contribution in [3.8, 4) is 17.6 Å². The summed E-state index contributed by atoms with van der Waals surface area (Å²) in [7, 11) is 3.22. The maximum absolute atomic E-state index is 9.50. The molecule has 2 rings (SSSR count). The van der Waals surface area contributed by atoms with Crippen LogP contribution in [-0.4, -0.2) is 20.3 Å². The average Bonchev–Trinajstić information content (AvgIpc) is 2.53. The highest BCUT2D eigenvalue weighted by Crippen LogP contribution is 2.31. The summed E-state index contributed by atoms with van der Waals surface area (Å²) in [5, 5.41) is 13.0. The molecule has 0 spiro atoms. The lowest BCUT2D eigenvalue weighted by atomic mass is 9.85. The van der Waals surface area contributed by atoms with Crippen LogP contribution in [0.5, 0.6) is 11.5 Å². The Morgan fingerprint density at radius 2 is 1.90 bits per heavy atom. The second-order valence-corrected chi connectivity index (χ2v) is 5.71. The van der Waals surface area contributed by atoms with Gasteiger partial charge in [-0.05, 0) is 36.5 Å². The molecule has 1 aromatic carbocycles. The molecule has 1 aliphatic carbocycles. The van der Waals surface area contributed by atoms with Crippen molar-refractivity contribution in [2.24, 2.45) is 5.92 Å². The summed E-state index contributed by atoms with van der Waals surface area (Å²) in [6, 6.07) is 8.13. The summed E-state index contributed by atoms with van der Waals surface area (Å²) in [6.45, 7) is 2.26. The van der Waals surface area contributed by atoms with Crippen molar-refractivity contribution < 1.29 is 9.47 Å². The van der Waals surface area contributed by atoms with E-state index in [1.165, 1.54) is 19.3 Å². The number of nitrogens with zero attached hydrogens (tertiary/aromatic N) is 1. The van der Waals surface area contributed by atoms with Crippen molar-refractivity contribution >= 4 is 0 Å². The van der Waals surface area contributed by atoms with E-state index in [0.717, 1.165) is 12.0 Å². The van der Waals surface area contributed by atoms with Crippen LogP contribution in [0.2, 0.25) is 0 Å². The minimum Gasteiger partial charge on any atom is -0.493 e. The van der Waals surface area contributed by atoms with Crippen molar-refractivity contribution in [2.75, 3.05) is 14.2 Å². The van der Waals surface area contributed by atoms with E-state index in [0.29, 0.717) is 23.5 Å². The molecule has 0 amide bonds. The zero-order valence-corrected chi connectivity index (χ0v) is 13.1. The summed E-state index contributed by atoms with van der Waals surface area (Å²) < 4.78 is 10.6. The lowest BCUT2D eigenvalue weighted by Gasteiger charge is -2.31. The van der Waals surface area contributed by atoms with Crippen molar-refractivity contribution in [3.05, 3.63) is 23.8 Å². The Kier molecular flexibility index (Phi) is 5.46. The van der Waals surface area contributed by atoms with Gasteiger partial charge in [0.2, 0.25) is 0 Å². The summed E-state index contributed by atoms with van der Waals surface area (Å²) in [5.41, 5.74) is 0.924. The molecule has 3 unspecified atom stereocenters. The van der Waals surface area contributed by atoms with Crippen LogP contribution in [0.4, 0.5) is 0 Å². The zero-order chi connectivity index (χ0) is 15.2. The Balaban J connectivity index is 2.15. The molecule has 1 aromatic rings. The average molecular weight is 288 g/mol. The lowest BCUT2D eigenvalue weighted by molar-refractivity contribution is 0.271. The molecule has 4 nitrogen and oxygen atoms in total. The number of hydrogen-bond donors (Lipinski definition) is 1. The highest BCUT2D eigenvalue weighted by molar-refractivity contribution is 5.44. The van der Waals surface area contributed by atoms with E-state index in [1.807, 2.05) is 18.2 Å². The van der Waals surface area contributed by atoms with E-state index < -0.39 is 0 Å². The molecule has 1 fully saturated rings. The summed E-state index contributed by atoms with van der Waals surface area (Å²) in [4.78, 5) is 0. The maximum atomic E-state index is 9.50. The number of nitrogens with one attached hydrogen (secondary N) is 1. The molecule has 4 heteroatoms. The number of benzene rings is 1. The van der Waals surface area contributed by atoms with Gasteiger partial charge in [-0.3, -0.25) is 5.32 Å². The van der Waals surface area contributed by atoms with Crippen molar-refractivity contribution in [1.82, 2.24) is 5.32 Å². The van der Waals surface area contributed by atoms with Crippen LogP contribution < -0.4 is 14.8 Å². The van der Waals surface area contributed by atoms with Gasteiger partial charge in [-0.2, -0.15) is 5.26 Å². The SMILES string of the molecule is COc1ccc(C(C#N)NC2CCCCC2C)cc1OC. The molecule has 114 valence electrons. The molecule has 21 heavy (non-hydrogen) atoms. The van der Waals surface area contributed by atoms with Crippen LogP contribution >= 0.6 is 0 Å².